The van der Waals surface area contributed by atoms with Crippen LogP contribution >= 0.6 is 7.82 Å². The Morgan fingerprint density at radius 2 is 2.00 bits per heavy atom. The molecule has 26 heavy (non-hydrogen) atoms. The first-order chi connectivity index (χ1) is 12.3. The zero-order valence-corrected chi connectivity index (χ0v) is 14.6. The molecule has 4 atom stereocenters. The van der Waals surface area contributed by atoms with Crippen LogP contribution in [-0.2, 0) is 13.8 Å². The quantitative estimate of drug-likeness (QED) is 0.330. The lowest BCUT2D eigenvalue weighted by Crippen LogP contribution is -2.55. The highest BCUT2D eigenvalue weighted by atomic mass is 31.2. The van der Waals surface area contributed by atoms with Crippen molar-refractivity contribution in [2.45, 2.75) is 24.5 Å². The molecule has 0 bridgehead atoms. The standard InChI is InChI=1S/C13H21N4O8P/c18-9-1-4-17(13(20)15-9)12-10(16-5-2-14-3-6-16)11(19)8(25-12)7-24-26(21,22)23/h1,4,8,10-12,14,19H,2-3,5-7H2,(H,15,18,20)(H2,21,22,23)/t8-,10-,11-,12-/m1/s1. The molecule has 3 rings (SSSR count). The van der Waals surface area contributed by atoms with Gasteiger partial charge in [0.15, 0.2) is 6.23 Å². The van der Waals surface area contributed by atoms with Gasteiger partial charge in [0.05, 0.1) is 12.6 Å². The van der Waals surface area contributed by atoms with Crippen molar-refractivity contribution in [3.63, 3.8) is 0 Å². The average molecular weight is 392 g/mol. The van der Waals surface area contributed by atoms with Gasteiger partial charge in [-0.2, -0.15) is 0 Å². The Balaban J connectivity index is 1.89. The molecule has 3 heterocycles. The van der Waals surface area contributed by atoms with Gasteiger partial charge in [0, 0.05) is 38.4 Å². The second-order valence-corrected chi connectivity index (χ2v) is 7.38. The maximum Gasteiger partial charge on any atom is 0.469 e. The minimum absolute atomic E-state index is 0.539. The lowest BCUT2D eigenvalue weighted by Gasteiger charge is -2.36. The van der Waals surface area contributed by atoms with E-state index >= 15 is 0 Å². The molecule has 1 aromatic heterocycles. The average Bonchev–Trinajstić information content (AvgIpc) is 2.89. The number of nitrogens with zero attached hydrogens (tertiary/aromatic N) is 2. The molecule has 5 N–H and O–H groups in total. The molecule has 13 heteroatoms. The van der Waals surface area contributed by atoms with E-state index in [9.17, 15) is 19.3 Å². The number of piperazine rings is 1. The van der Waals surface area contributed by atoms with Crippen LogP contribution in [0.25, 0.3) is 0 Å². The molecule has 2 saturated heterocycles. The molecule has 12 nitrogen and oxygen atoms in total. The number of aromatic amines is 1. The lowest BCUT2D eigenvalue weighted by molar-refractivity contribution is -0.0501. The summed E-state index contributed by atoms with van der Waals surface area (Å²) in [6.45, 7) is 2.00. The number of rotatable bonds is 5. The molecule has 146 valence electrons. The fourth-order valence-electron chi connectivity index (χ4n) is 3.27. The highest BCUT2D eigenvalue weighted by Crippen LogP contribution is 2.39. The highest BCUT2D eigenvalue weighted by molar-refractivity contribution is 7.46. The van der Waals surface area contributed by atoms with Gasteiger partial charge >= 0.3 is 13.5 Å². The summed E-state index contributed by atoms with van der Waals surface area (Å²) in [4.78, 5) is 45.3. The van der Waals surface area contributed by atoms with Crippen LogP contribution in [0.5, 0.6) is 0 Å². The number of aromatic nitrogens is 2. The number of phosphoric acid groups is 1. The van der Waals surface area contributed by atoms with Crippen molar-refractivity contribution in [3.05, 3.63) is 33.1 Å². The molecule has 0 spiro atoms. The van der Waals surface area contributed by atoms with E-state index in [1.807, 2.05) is 4.90 Å². The van der Waals surface area contributed by atoms with Crippen LogP contribution in [0.15, 0.2) is 21.9 Å². The maximum absolute atomic E-state index is 12.1. The second kappa shape index (κ2) is 7.71. The summed E-state index contributed by atoms with van der Waals surface area (Å²) in [5.41, 5.74) is -1.27. The first kappa shape index (κ1) is 19.4. The smallest absolute Gasteiger partial charge is 0.388 e. The van der Waals surface area contributed by atoms with Gasteiger partial charge in [0.2, 0.25) is 0 Å². The van der Waals surface area contributed by atoms with Crippen molar-refractivity contribution in [2.24, 2.45) is 0 Å². The Kier molecular flexibility index (Phi) is 5.75. The fraction of sp³-hybridized carbons (Fsp3) is 0.692. The number of aliphatic hydroxyl groups is 1. The molecule has 2 fully saturated rings. The van der Waals surface area contributed by atoms with Crippen molar-refractivity contribution >= 4 is 7.82 Å². The van der Waals surface area contributed by atoms with E-state index in [0.29, 0.717) is 26.2 Å². The summed E-state index contributed by atoms with van der Waals surface area (Å²) >= 11 is 0. The van der Waals surface area contributed by atoms with E-state index in [1.165, 1.54) is 6.20 Å². The molecule has 0 unspecified atom stereocenters. The van der Waals surface area contributed by atoms with Crippen molar-refractivity contribution in [3.8, 4) is 0 Å². The highest BCUT2D eigenvalue weighted by Gasteiger charge is 2.48. The van der Waals surface area contributed by atoms with E-state index < -0.39 is 50.2 Å². The third-order valence-corrected chi connectivity index (χ3v) is 4.93. The number of H-pyrrole nitrogens is 1. The molecule has 0 aromatic carbocycles. The number of nitrogens with one attached hydrogen (secondary N) is 2. The van der Waals surface area contributed by atoms with Crippen LogP contribution in [0.2, 0.25) is 0 Å². The molecule has 1 aromatic rings. The summed E-state index contributed by atoms with van der Waals surface area (Å²) in [7, 11) is -4.74. The number of phosphoric ester groups is 1. The van der Waals surface area contributed by atoms with Gasteiger partial charge in [0.1, 0.15) is 12.2 Å². The van der Waals surface area contributed by atoms with Crippen molar-refractivity contribution in [1.29, 1.82) is 0 Å². The van der Waals surface area contributed by atoms with Gasteiger partial charge < -0.3 is 24.9 Å². The SMILES string of the molecule is O=c1ccn([C@@H]2O[C@H](COP(=O)(O)O)[C@@H](O)[C@H]2N2CCNCC2)c(=O)[nH]1. The van der Waals surface area contributed by atoms with Crippen LogP contribution in [0.3, 0.4) is 0 Å². The molecular formula is C13H21N4O8P. The predicted molar refractivity (Wildman–Crippen MR) is 87.5 cm³/mol. The fourth-order valence-corrected chi connectivity index (χ4v) is 3.61. The molecule has 0 saturated carbocycles. The molecule has 2 aliphatic rings. The molecule has 0 amide bonds. The number of hydrogen-bond acceptors (Lipinski definition) is 8. The van der Waals surface area contributed by atoms with E-state index in [1.54, 1.807) is 0 Å². The van der Waals surface area contributed by atoms with Crippen LogP contribution in [0.4, 0.5) is 0 Å². The Bertz CT molecular complexity index is 785. The Morgan fingerprint density at radius 3 is 2.62 bits per heavy atom. The Hall–Kier alpha value is -1.37. The van der Waals surface area contributed by atoms with Crippen molar-refractivity contribution < 1.29 is 28.7 Å². The zero-order valence-electron chi connectivity index (χ0n) is 13.7. The molecule has 2 aliphatic heterocycles. The molecule has 0 radical (unpaired) electrons. The molecule has 0 aliphatic carbocycles. The number of hydrogen-bond donors (Lipinski definition) is 5. The monoisotopic (exact) mass is 392 g/mol. The minimum atomic E-state index is -4.74. The summed E-state index contributed by atoms with van der Waals surface area (Å²) in [5, 5.41) is 13.8. The van der Waals surface area contributed by atoms with E-state index in [-0.39, 0.29) is 0 Å². The third-order valence-electron chi connectivity index (χ3n) is 4.44. The van der Waals surface area contributed by atoms with Crippen LogP contribution in [0.1, 0.15) is 6.23 Å². The molecular weight excluding hydrogens is 371 g/mol. The van der Waals surface area contributed by atoms with Gasteiger partial charge in [0.25, 0.3) is 5.56 Å². The Labute approximate surface area is 147 Å². The summed E-state index contributed by atoms with van der Waals surface area (Å²) in [6, 6.07) is 0.511. The van der Waals surface area contributed by atoms with Gasteiger partial charge in [-0.05, 0) is 0 Å². The summed E-state index contributed by atoms with van der Waals surface area (Å²) in [5.74, 6) is 0. The zero-order chi connectivity index (χ0) is 18.9. The number of aliphatic hydroxyl groups excluding tert-OH is 1. The van der Waals surface area contributed by atoms with Crippen molar-refractivity contribution in [2.75, 3.05) is 32.8 Å². The van der Waals surface area contributed by atoms with Gasteiger partial charge in [-0.3, -0.25) is 23.8 Å². The van der Waals surface area contributed by atoms with E-state index in [4.69, 9.17) is 14.5 Å². The van der Waals surface area contributed by atoms with Gasteiger partial charge in [-0.25, -0.2) is 9.36 Å². The van der Waals surface area contributed by atoms with Crippen LogP contribution in [-0.4, -0.2) is 80.4 Å². The predicted octanol–water partition coefficient (Wildman–Crippen LogP) is -2.82. The normalized spacial score (nSPS) is 30.6. The van der Waals surface area contributed by atoms with E-state index in [2.05, 4.69) is 14.8 Å². The van der Waals surface area contributed by atoms with Crippen LogP contribution < -0.4 is 16.6 Å². The summed E-state index contributed by atoms with van der Waals surface area (Å²) in [6.07, 6.45) is -1.88. The Morgan fingerprint density at radius 1 is 1.31 bits per heavy atom. The second-order valence-electron chi connectivity index (χ2n) is 6.14. The topological polar surface area (TPSA) is 166 Å². The van der Waals surface area contributed by atoms with Crippen LogP contribution in [0, 0.1) is 0 Å². The van der Waals surface area contributed by atoms with Gasteiger partial charge in [-0.1, -0.05) is 0 Å². The maximum atomic E-state index is 12.1. The summed E-state index contributed by atoms with van der Waals surface area (Å²) < 4.78 is 22.3. The first-order valence-electron chi connectivity index (χ1n) is 8.06. The van der Waals surface area contributed by atoms with Gasteiger partial charge in [-0.15, -0.1) is 0 Å². The first-order valence-corrected chi connectivity index (χ1v) is 9.59. The third kappa shape index (κ3) is 4.30. The number of ether oxygens (including phenoxy) is 1. The lowest BCUT2D eigenvalue weighted by atomic mass is 10.1. The van der Waals surface area contributed by atoms with Crippen molar-refractivity contribution in [1.82, 2.24) is 19.8 Å². The largest absolute Gasteiger partial charge is 0.469 e. The van der Waals surface area contributed by atoms with E-state index in [0.717, 1.165) is 10.6 Å². The minimum Gasteiger partial charge on any atom is -0.388 e.